The van der Waals surface area contributed by atoms with Gasteiger partial charge in [0.05, 0.1) is 31.7 Å². The number of nitrogens with zero attached hydrogens (tertiary/aromatic N) is 2. The average molecular weight is 764 g/mol. The first kappa shape index (κ1) is 42.3. The molecule has 0 fully saturated rings. The van der Waals surface area contributed by atoms with E-state index in [2.05, 4.69) is 79.9 Å². The van der Waals surface area contributed by atoms with Crippen molar-refractivity contribution in [2.24, 2.45) is 0 Å². The monoisotopic (exact) mass is 763 g/mol. The SMILES string of the molecule is CC.CC(C)(C)Sc1ccc(N)cc1.CC(C)N(C(C)C)P(OCCC#N)OCC(COOI)NC(=O)c1ccc(N)cc1. The maximum absolute atomic E-state index is 12.6. The number of nitriles is 1. The Morgan fingerprint density at radius 1 is 0.977 bits per heavy atom. The number of hydrogen-bond acceptors (Lipinski definition) is 10. The highest BCUT2D eigenvalue weighted by Crippen LogP contribution is 2.46. The number of carbonyl (C=O) groups excluding carboxylic acids is 1. The van der Waals surface area contributed by atoms with Gasteiger partial charge in [0.15, 0.2) is 23.0 Å². The van der Waals surface area contributed by atoms with Crippen LogP contribution in [0.2, 0.25) is 0 Å². The van der Waals surface area contributed by atoms with Crippen molar-refractivity contribution in [3.63, 3.8) is 0 Å². The summed E-state index contributed by atoms with van der Waals surface area (Å²) in [6.45, 7) is 19.3. The molecule has 5 N–H and O–H groups in total. The van der Waals surface area contributed by atoms with Crippen LogP contribution in [-0.2, 0) is 17.2 Å². The molecule has 1 amide bonds. The number of anilines is 2. The lowest BCUT2D eigenvalue weighted by Gasteiger charge is -2.36. The third-order valence-electron chi connectivity index (χ3n) is 5.17. The Balaban J connectivity index is 0.00000109. The maximum Gasteiger partial charge on any atom is 0.259 e. The van der Waals surface area contributed by atoms with Gasteiger partial charge >= 0.3 is 0 Å². The Morgan fingerprint density at radius 3 is 1.95 bits per heavy atom. The third kappa shape index (κ3) is 19.0. The van der Waals surface area contributed by atoms with E-state index in [0.29, 0.717) is 11.3 Å². The molecule has 2 aromatic rings. The quantitative estimate of drug-likeness (QED) is 0.0309. The van der Waals surface area contributed by atoms with Crippen molar-refractivity contribution in [3.8, 4) is 6.07 Å². The molecule has 0 saturated heterocycles. The number of nitrogen functional groups attached to an aromatic ring is 2. The molecule has 0 spiro atoms. The lowest BCUT2D eigenvalue weighted by atomic mass is 10.2. The largest absolute Gasteiger partial charge is 0.399 e. The Kier molecular flexibility index (Phi) is 22.7. The fraction of sp³-hybridized carbons (Fsp3) is 0.548. The van der Waals surface area contributed by atoms with Gasteiger partial charge in [0.2, 0.25) is 0 Å². The Labute approximate surface area is 284 Å². The minimum absolute atomic E-state index is 0.0916. The van der Waals surface area contributed by atoms with Crippen LogP contribution >= 0.6 is 43.3 Å². The van der Waals surface area contributed by atoms with Crippen molar-refractivity contribution in [2.75, 3.05) is 31.3 Å². The molecule has 13 heteroatoms. The maximum atomic E-state index is 12.6. The summed E-state index contributed by atoms with van der Waals surface area (Å²) in [6, 6.07) is 16.6. The van der Waals surface area contributed by atoms with E-state index in [0.717, 1.165) is 5.69 Å². The molecule has 0 aliphatic carbocycles. The zero-order chi connectivity index (χ0) is 33.7. The molecule has 2 atom stereocenters. The van der Waals surface area contributed by atoms with Crippen LogP contribution in [-0.4, -0.2) is 53.3 Å². The molecule has 0 radical (unpaired) electrons. The van der Waals surface area contributed by atoms with Gasteiger partial charge in [-0.3, -0.25) is 4.79 Å². The Bertz CT molecular complexity index is 1070. The Morgan fingerprint density at radius 2 is 1.50 bits per heavy atom. The molecule has 248 valence electrons. The van der Waals surface area contributed by atoms with Crippen LogP contribution in [0.5, 0.6) is 0 Å². The van der Waals surface area contributed by atoms with Crippen molar-refractivity contribution >= 4 is 60.6 Å². The molecule has 0 aromatic heterocycles. The number of nitrogens with one attached hydrogen (secondary N) is 1. The van der Waals surface area contributed by atoms with Gasteiger partial charge in [-0.15, -0.1) is 11.8 Å². The van der Waals surface area contributed by atoms with Gasteiger partial charge < -0.3 is 25.8 Å². The van der Waals surface area contributed by atoms with Gasteiger partial charge in [-0.25, -0.2) is 9.56 Å². The highest BCUT2D eigenvalue weighted by Gasteiger charge is 2.28. The minimum atomic E-state index is -1.43. The number of benzene rings is 2. The molecule has 0 heterocycles. The third-order valence-corrected chi connectivity index (χ3v) is 8.62. The highest BCUT2D eigenvalue weighted by atomic mass is 127. The van der Waals surface area contributed by atoms with E-state index in [-0.39, 0.29) is 49.0 Å². The molecule has 2 aromatic carbocycles. The molecule has 44 heavy (non-hydrogen) atoms. The zero-order valence-corrected chi connectivity index (χ0v) is 31.4. The number of rotatable bonds is 15. The number of thioether (sulfide) groups is 1. The van der Waals surface area contributed by atoms with Crippen LogP contribution < -0.4 is 16.8 Å². The number of amides is 1. The summed E-state index contributed by atoms with van der Waals surface area (Å²) in [7, 11) is -1.43. The summed E-state index contributed by atoms with van der Waals surface area (Å²) < 4.78 is 19.0. The van der Waals surface area contributed by atoms with Gasteiger partial charge in [0.25, 0.3) is 14.4 Å². The predicted octanol–water partition coefficient (Wildman–Crippen LogP) is 8.14. The summed E-state index contributed by atoms with van der Waals surface area (Å²) in [5.74, 6) is -0.278. The van der Waals surface area contributed by atoms with Crippen molar-refractivity contribution in [3.05, 3.63) is 54.1 Å². The van der Waals surface area contributed by atoms with Gasteiger partial charge in [0.1, 0.15) is 6.61 Å². The van der Waals surface area contributed by atoms with Crippen molar-refractivity contribution in [2.45, 2.75) is 96.5 Å². The van der Waals surface area contributed by atoms with Crippen LogP contribution in [0.15, 0.2) is 53.4 Å². The molecular formula is C31H51IN5O5PS. The standard InChI is InChI=1S/C19H30IN4O5P.C10H15NS.C2H6/c1-14(2)24(15(3)4)30(27-11-5-10-21)28-13-18(12-26-29-20)23-19(25)16-6-8-17(22)9-7-16;1-10(2,3)12-9-6-4-8(11)5-7-9;1-2/h6-9,14-15,18H,5,11-13,22H2,1-4H3,(H,23,25);4-7H,11H2,1-3H3;1-2H3. The summed E-state index contributed by atoms with van der Waals surface area (Å²) in [5, 5.41) is 11.7. The molecule has 0 saturated carbocycles. The van der Waals surface area contributed by atoms with E-state index < -0.39 is 14.6 Å². The molecule has 0 aliphatic rings. The van der Waals surface area contributed by atoms with E-state index in [4.69, 9.17) is 30.7 Å². The number of nitrogens with two attached hydrogens (primary N) is 2. The van der Waals surface area contributed by atoms with E-state index in [1.165, 1.54) is 4.90 Å². The fourth-order valence-electron chi connectivity index (χ4n) is 3.50. The van der Waals surface area contributed by atoms with Crippen molar-refractivity contribution in [1.82, 2.24) is 9.99 Å². The van der Waals surface area contributed by atoms with Gasteiger partial charge in [-0.05, 0) is 76.2 Å². The number of halogens is 1. The Hall–Kier alpha value is -1.69. The molecule has 10 nitrogen and oxygen atoms in total. The molecule has 2 rings (SSSR count). The molecule has 0 bridgehead atoms. The summed E-state index contributed by atoms with van der Waals surface area (Å²) in [6.07, 6.45) is 0.273. The summed E-state index contributed by atoms with van der Waals surface area (Å²) in [4.78, 5) is 18.9. The fourth-order valence-corrected chi connectivity index (χ4v) is 6.28. The van der Waals surface area contributed by atoms with Crippen LogP contribution in [0.4, 0.5) is 11.4 Å². The average Bonchev–Trinajstić information content (AvgIpc) is 2.96. The predicted molar refractivity (Wildman–Crippen MR) is 192 cm³/mol. The van der Waals surface area contributed by atoms with Crippen LogP contribution in [0.3, 0.4) is 0 Å². The second kappa shape index (κ2) is 23.6. The lowest BCUT2D eigenvalue weighted by molar-refractivity contribution is -0.173. The molecular weight excluding hydrogens is 712 g/mol. The van der Waals surface area contributed by atoms with Gasteiger partial charge in [-0.1, -0.05) is 34.6 Å². The lowest BCUT2D eigenvalue weighted by Crippen LogP contribution is -2.42. The molecule has 0 aliphatic heterocycles. The number of hydrogen-bond donors (Lipinski definition) is 3. The van der Waals surface area contributed by atoms with Crippen molar-refractivity contribution < 1.29 is 21.9 Å². The van der Waals surface area contributed by atoms with E-state index in [1.807, 2.05) is 37.7 Å². The first-order valence-corrected chi connectivity index (χ1v) is 17.4. The zero-order valence-electron chi connectivity index (χ0n) is 27.5. The molecule has 2 unspecified atom stereocenters. The highest BCUT2D eigenvalue weighted by molar-refractivity contribution is 14.1. The van der Waals surface area contributed by atoms with Crippen LogP contribution in [0.25, 0.3) is 0 Å². The first-order chi connectivity index (χ1) is 20.8. The van der Waals surface area contributed by atoms with Gasteiger partial charge in [0, 0.05) is 38.7 Å². The summed E-state index contributed by atoms with van der Waals surface area (Å²) >= 11 is 3.47. The summed E-state index contributed by atoms with van der Waals surface area (Å²) in [5.41, 5.74) is 13.1. The second-order valence-electron chi connectivity index (χ2n) is 10.8. The van der Waals surface area contributed by atoms with Gasteiger partial charge in [-0.2, -0.15) is 8.48 Å². The first-order valence-electron chi connectivity index (χ1n) is 14.6. The van der Waals surface area contributed by atoms with E-state index >= 15 is 0 Å². The van der Waals surface area contributed by atoms with E-state index in [9.17, 15) is 4.79 Å². The van der Waals surface area contributed by atoms with Crippen molar-refractivity contribution in [1.29, 1.82) is 5.26 Å². The van der Waals surface area contributed by atoms with Crippen LogP contribution in [0, 0.1) is 11.3 Å². The van der Waals surface area contributed by atoms with E-state index in [1.54, 1.807) is 47.3 Å². The smallest absolute Gasteiger partial charge is 0.259 e. The minimum Gasteiger partial charge on any atom is -0.399 e. The normalized spacial score (nSPS) is 12.5. The second-order valence-corrected chi connectivity index (χ2v) is 14.5. The van der Waals surface area contributed by atoms with Crippen LogP contribution in [0.1, 0.15) is 79.1 Å². The topological polar surface area (TPSA) is 145 Å². The number of carbonyl (C=O) groups is 1.